The van der Waals surface area contributed by atoms with Crippen LogP contribution in [0.3, 0.4) is 0 Å². The van der Waals surface area contributed by atoms with Gasteiger partial charge in [0, 0.05) is 17.3 Å². The van der Waals surface area contributed by atoms with Gasteiger partial charge < -0.3 is 4.42 Å². The summed E-state index contributed by atoms with van der Waals surface area (Å²) in [6.07, 6.45) is 0. The summed E-state index contributed by atoms with van der Waals surface area (Å²) in [5.41, 5.74) is 3.72. The first-order chi connectivity index (χ1) is 12.5. The Morgan fingerprint density at radius 3 is 2.65 bits per heavy atom. The first-order valence-electron chi connectivity index (χ1n) is 7.89. The minimum atomic E-state index is -0.171. The van der Waals surface area contributed by atoms with Crippen molar-refractivity contribution in [1.29, 1.82) is 0 Å². The molecular formula is C17H15N5O2S2. The Kier molecular flexibility index (Phi) is 4.33. The highest BCUT2D eigenvalue weighted by atomic mass is 32.2. The van der Waals surface area contributed by atoms with Gasteiger partial charge in [0.25, 0.3) is 10.8 Å². The normalized spacial score (nSPS) is 11.3. The SMILES string of the molecule is Cc1cc(C)cc(-c2nnc(SCc3nn4c(=O)cc(C)nc4s3)o2)c1. The summed E-state index contributed by atoms with van der Waals surface area (Å²) in [5, 5.41) is 13.8. The van der Waals surface area contributed by atoms with Crippen molar-refractivity contribution < 1.29 is 4.42 Å². The molecule has 0 unspecified atom stereocenters. The Morgan fingerprint density at radius 2 is 1.88 bits per heavy atom. The third kappa shape index (κ3) is 3.40. The number of hydrogen-bond donors (Lipinski definition) is 0. The summed E-state index contributed by atoms with van der Waals surface area (Å²) < 4.78 is 7.07. The van der Waals surface area contributed by atoms with E-state index in [1.165, 1.54) is 33.7 Å². The van der Waals surface area contributed by atoms with Gasteiger partial charge in [-0.1, -0.05) is 40.3 Å². The minimum absolute atomic E-state index is 0.171. The number of nitrogens with zero attached hydrogens (tertiary/aromatic N) is 5. The summed E-state index contributed by atoms with van der Waals surface area (Å²) in [6.45, 7) is 5.86. The fourth-order valence-electron chi connectivity index (χ4n) is 2.62. The molecule has 4 rings (SSSR count). The maximum absolute atomic E-state index is 11.9. The molecule has 9 heteroatoms. The van der Waals surface area contributed by atoms with E-state index in [2.05, 4.69) is 26.3 Å². The molecule has 0 spiro atoms. The maximum Gasteiger partial charge on any atom is 0.277 e. The zero-order valence-corrected chi connectivity index (χ0v) is 16.0. The van der Waals surface area contributed by atoms with E-state index in [1.54, 1.807) is 6.92 Å². The molecule has 0 saturated heterocycles. The van der Waals surface area contributed by atoms with E-state index < -0.39 is 0 Å². The first-order valence-corrected chi connectivity index (χ1v) is 9.69. The van der Waals surface area contributed by atoms with Crippen molar-refractivity contribution in [3.8, 4) is 11.5 Å². The topological polar surface area (TPSA) is 86.2 Å². The Morgan fingerprint density at radius 1 is 1.12 bits per heavy atom. The molecule has 3 aromatic heterocycles. The molecule has 0 bridgehead atoms. The van der Waals surface area contributed by atoms with Gasteiger partial charge in [-0.25, -0.2) is 4.98 Å². The summed E-state index contributed by atoms with van der Waals surface area (Å²) in [4.78, 5) is 16.8. The second-order valence-corrected chi connectivity index (χ2v) is 7.93. The van der Waals surface area contributed by atoms with E-state index in [0.717, 1.165) is 21.7 Å². The number of rotatable bonds is 4. The molecular weight excluding hydrogens is 370 g/mol. The van der Waals surface area contributed by atoms with Crippen molar-refractivity contribution in [1.82, 2.24) is 24.8 Å². The highest BCUT2D eigenvalue weighted by molar-refractivity contribution is 7.98. The molecule has 1 aromatic carbocycles. The van der Waals surface area contributed by atoms with Crippen LogP contribution in [0.25, 0.3) is 16.4 Å². The molecule has 132 valence electrons. The van der Waals surface area contributed by atoms with Crippen molar-refractivity contribution in [2.75, 3.05) is 0 Å². The molecule has 3 heterocycles. The van der Waals surface area contributed by atoms with Gasteiger partial charge in [0.1, 0.15) is 5.01 Å². The second kappa shape index (κ2) is 6.65. The zero-order valence-electron chi connectivity index (χ0n) is 14.4. The van der Waals surface area contributed by atoms with E-state index in [9.17, 15) is 4.79 Å². The van der Waals surface area contributed by atoms with Gasteiger partial charge in [-0.05, 0) is 32.9 Å². The number of benzene rings is 1. The molecule has 0 aliphatic heterocycles. The average Bonchev–Trinajstić information content (AvgIpc) is 3.18. The Hall–Kier alpha value is -2.52. The second-order valence-electron chi connectivity index (χ2n) is 5.96. The van der Waals surface area contributed by atoms with Gasteiger partial charge in [0.2, 0.25) is 10.9 Å². The quantitative estimate of drug-likeness (QED) is 0.498. The lowest BCUT2D eigenvalue weighted by atomic mass is 10.1. The van der Waals surface area contributed by atoms with E-state index >= 15 is 0 Å². The van der Waals surface area contributed by atoms with Crippen molar-refractivity contribution in [2.45, 2.75) is 31.7 Å². The van der Waals surface area contributed by atoms with Gasteiger partial charge in [0.05, 0.1) is 5.75 Å². The van der Waals surface area contributed by atoms with E-state index in [0.29, 0.717) is 27.5 Å². The van der Waals surface area contributed by atoms with E-state index in [1.807, 2.05) is 26.0 Å². The summed E-state index contributed by atoms with van der Waals surface area (Å²) in [6, 6.07) is 7.60. The van der Waals surface area contributed by atoms with Gasteiger partial charge >= 0.3 is 0 Å². The number of aromatic nitrogens is 5. The van der Waals surface area contributed by atoms with Gasteiger partial charge in [0.15, 0.2) is 0 Å². The Labute approximate surface area is 157 Å². The van der Waals surface area contributed by atoms with Crippen molar-refractivity contribution in [3.63, 3.8) is 0 Å². The predicted molar refractivity (Wildman–Crippen MR) is 101 cm³/mol. The fourth-order valence-corrected chi connectivity index (χ4v) is 4.32. The van der Waals surface area contributed by atoms with Crippen LogP contribution >= 0.6 is 23.1 Å². The summed E-state index contributed by atoms with van der Waals surface area (Å²) in [7, 11) is 0. The minimum Gasteiger partial charge on any atom is -0.411 e. The van der Waals surface area contributed by atoms with Crippen LogP contribution in [0.4, 0.5) is 0 Å². The lowest BCUT2D eigenvalue weighted by molar-refractivity contribution is 0.465. The molecule has 0 saturated carbocycles. The largest absolute Gasteiger partial charge is 0.411 e. The van der Waals surface area contributed by atoms with Crippen LogP contribution in [-0.2, 0) is 5.75 Å². The molecule has 0 N–H and O–H groups in total. The summed E-state index contributed by atoms with van der Waals surface area (Å²) >= 11 is 2.77. The monoisotopic (exact) mass is 385 g/mol. The molecule has 0 radical (unpaired) electrons. The van der Waals surface area contributed by atoms with E-state index in [4.69, 9.17) is 4.42 Å². The number of hydrogen-bond acceptors (Lipinski definition) is 8. The van der Waals surface area contributed by atoms with Crippen LogP contribution in [0, 0.1) is 20.8 Å². The van der Waals surface area contributed by atoms with Crippen LogP contribution in [-0.4, -0.2) is 24.8 Å². The molecule has 7 nitrogen and oxygen atoms in total. The predicted octanol–water partition coefficient (Wildman–Crippen LogP) is 3.42. The van der Waals surface area contributed by atoms with E-state index in [-0.39, 0.29) is 5.56 Å². The van der Waals surface area contributed by atoms with Gasteiger partial charge in [-0.15, -0.1) is 10.2 Å². The fraction of sp³-hybridized carbons (Fsp3) is 0.235. The highest BCUT2D eigenvalue weighted by Gasteiger charge is 2.13. The lowest BCUT2D eigenvalue weighted by Crippen LogP contribution is -2.14. The first kappa shape index (κ1) is 16.9. The summed E-state index contributed by atoms with van der Waals surface area (Å²) in [5.74, 6) is 1.03. The van der Waals surface area contributed by atoms with Crippen LogP contribution in [0.2, 0.25) is 0 Å². The Bertz CT molecular complexity index is 1140. The Balaban J connectivity index is 1.53. The number of fused-ring (bicyclic) bond motifs is 1. The zero-order chi connectivity index (χ0) is 18.3. The van der Waals surface area contributed by atoms with Crippen molar-refractivity contribution in [3.05, 3.63) is 56.4 Å². The molecule has 0 aliphatic rings. The highest BCUT2D eigenvalue weighted by Crippen LogP contribution is 2.27. The lowest BCUT2D eigenvalue weighted by Gasteiger charge is -1.99. The average molecular weight is 385 g/mol. The standard InChI is InChI=1S/C17H15N5O2S2/c1-9-4-10(2)6-12(5-9)15-19-20-17(24-15)25-8-13-21-22-14(23)7-11(3)18-16(22)26-13/h4-7H,8H2,1-3H3. The smallest absolute Gasteiger partial charge is 0.277 e. The third-order valence-corrected chi connectivity index (χ3v) is 5.53. The number of thioether (sulfide) groups is 1. The van der Waals surface area contributed by atoms with Gasteiger partial charge in [-0.2, -0.15) is 9.61 Å². The van der Waals surface area contributed by atoms with Crippen molar-refractivity contribution in [2.24, 2.45) is 0 Å². The molecule has 0 atom stereocenters. The van der Waals surface area contributed by atoms with Crippen LogP contribution in [0.1, 0.15) is 21.8 Å². The van der Waals surface area contributed by atoms with Crippen LogP contribution in [0.15, 0.2) is 38.7 Å². The third-order valence-electron chi connectivity index (χ3n) is 3.61. The molecule has 4 aromatic rings. The van der Waals surface area contributed by atoms with Gasteiger partial charge in [-0.3, -0.25) is 4.79 Å². The number of aryl methyl sites for hydroxylation is 3. The van der Waals surface area contributed by atoms with Crippen LogP contribution < -0.4 is 5.56 Å². The molecule has 26 heavy (non-hydrogen) atoms. The molecule has 0 fully saturated rings. The van der Waals surface area contributed by atoms with Crippen LogP contribution in [0.5, 0.6) is 0 Å². The molecule has 0 aliphatic carbocycles. The van der Waals surface area contributed by atoms with Crippen molar-refractivity contribution >= 4 is 28.1 Å². The molecule has 0 amide bonds. The maximum atomic E-state index is 11.9.